The van der Waals surface area contributed by atoms with Crippen LogP contribution in [-0.4, -0.2) is 23.3 Å². The number of carbonyl (C=O) groups is 2. The van der Waals surface area contributed by atoms with E-state index in [9.17, 15) is 22.8 Å². The summed E-state index contributed by atoms with van der Waals surface area (Å²) in [5, 5.41) is 2.69. The van der Waals surface area contributed by atoms with Crippen LogP contribution in [0.4, 0.5) is 18.9 Å². The predicted molar refractivity (Wildman–Crippen MR) is 90.2 cm³/mol. The molecule has 0 aliphatic carbocycles. The Morgan fingerprint density at radius 2 is 1.81 bits per heavy atom. The van der Waals surface area contributed by atoms with Gasteiger partial charge in [-0.2, -0.15) is 13.2 Å². The van der Waals surface area contributed by atoms with Crippen molar-refractivity contribution < 1.29 is 22.8 Å². The van der Waals surface area contributed by atoms with Gasteiger partial charge in [-0.05, 0) is 36.4 Å². The standard InChI is InChI=1S/C18H18F3N3O2/c1-13(25)24(16-7-5-14(6-8-16)18(19,20)21)11-9-17(26)23-12-15-4-2-3-10-22-15/h2-8,10H,9,11-12H2,1H3,(H,23,26). The van der Waals surface area contributed by atoms with Gasteiger partial charge in [-0.3, -0.25) is 14.6 Å². The second kappa shape index (κ2) is 8.46. The fourth-order valence-corrected chi connectivity index (χ4v) is 2.29. The van der Waals surface area contributed by atoms with Gasteiger partial charge in [-0.15, -0.1) is 0 Å². The molecule has 2 rings (SSSR count). The number of halogens is 3. The minimum Gasteiger partial charge on any atom is -0.350 e. The number of hydrogen-bond donors (Lipinski definition) is 1. The molecule has 0 atom stereocenters. The highest BCUT2D eigenvalue weighted by Crippen LogP contribution is 2.30. The Bertz CT molecular complexity index is 747. The highest BCUT2D eigenvalue weighted by atomic mass is 19.4. The fourth-order valence-electron chi connectivity index (χ4n) is 2.29. The minimum absolute atomic E-state index is 0.0213. The second-order valence-electron chi connectivity index (χ2n) is 5.56. The number of hydrogen-bond acceptors (Lipinski definition) is 3. The summed E-state index contributed by atoms with van der Waals surface area (Å²) in [6, 6.07) is 9.59. The third-order valence-corrected chi connectivity index (χ3v) is 3.64. The Hall–Kier alpha value is -2.90. The number of nitrogens with zero attached hydrogens (tertiary/aromatic N) is 2. The Morgan fingerprint density at radius 1 is 1.12 bits per heavy atom. The lowest BCUT2D eigenvalue weighted by molar-refractivity contribution is -0.137. The van der Waals surface area contributed by atoms with Crippen molar-refractivity contribution in [2.45, 2.75) is 26.1 Å². The number of nitrogens with one attached hydrogen (secondary N) is 1. The number of anilines is 1. The van der Waals surface area contributed by atoms with Gasteiger partial charge in [0.25, 0.3) is 0 Å². The van der Waals surface area contributed by atoms with Gasteiger partial charge in [-0.1, -0.05) is 6.07 Å². The van der Waals surface area contributed by atoms with Crippen LogP contribution in [0.25, 0.3) is 0 Å². The lowest BCUT2D eigenvalue weighted by Gasteiger charge is -2.21. The molecule has 1 heterocycles. The lowest BCUT2D eigenvalue weighted by atomic mass is 10.2. The molecule has 0 saturated heterocycles. The largest absolute Gasteiger partial charge is 0.416 e. The molecule has 26 heavy (non-hydrogen) atoms. The van der Waals surface area contributed by atoms with Crippen LogP contribution in [0.3, 0.4) is 0 Å². The summed E-state index contributed by atoms with van der Waals surface area (Å²) in [6.07, 6.45) is -2.80. The summed E-state index contributed by atoms with van der Waals surface area (Å²) < 4.78 is 37.9. The molecule has 0 radical (unpaired) electrons. The SMILES string of the molecule is CC(=O)N(CCC(=O)NCc1ccccn1)c1ccc(C(F)(F)F)cc1. The van der Waals surface area contributed by atoms with Gasteiger partial charge < -0.3 is 10.2 Å². The van der Waals surface area contributed by atoms with Crippen LogP contribution in [0.15, 0.2) is 48.7 Å². The molecule has 0 spiro atoms. The van der Waals surface area contributed by atoms with E-state index in [1.165, 1.54) is 24.0 Å². The van der Waals surface area contributed by atoms with E-state index in [2.05, 4.69) is 10.3 Å². The smallest absolute Gasteiger partial charge is 0.350 e. The number of benzene rings is 1. The Labute approximate surface area is 148 Å². The number of pyridine rings is 1. The quantitative estimate of drug-likeness (QED) is 0.855. The molecular weight excluding hydrogens is 347 g/mol. The van der Waals surface area contributed by atoms with Gasteiger partial charge in [0.2, 0.25) is 11.8 Å². The van der Waals surface area contributed by atoms with Crippen molar-refractivity contribution in [3.8, 4) is 0 Å². The van der Waals surface area contributed by atoms with E-state index in [1.807, 2.05) is 0 Å². The van der Waals surface area contributed by atoms with Crippen LogP contribution in [0.2, 0.25) is 0 Å². The highest BCUT2D eigenvalue weighted by molar-refractivity contribution is 5.92. The second-order valence-corrected chi connectivity index (χ2v) is 5.56. The van der Waals surface area contributed by atoms with Gasteiger partial charge in [0, 0.05) is 31.8 Å². The van der Waals surface area contributed by atoms with E-state index in [1.54, 1.807) is 24.4 Å². The maximum atomic E-state index is 12.6. The Kier molecular flexibility index (Phi) is 6.32. The molecule has 138 valence electrons. The van der Waals surface area contributed by atoms with Crippen molar-refractivity contribution >= 4 is 17.5 Å². The average molecular weight is 365 g/mol. The normalized spacial score (nSPS) is 11.1. The number of amides is 2. The zero-order valence-electron chi connectivity index (χ0n) is 14.1. The van der Waals surface area contributed by atoms with Crippen molar-refractivity contribution in [2.24, 2.45) is 0 Å². The van der Waals surface area contributed by atoms with Crippen LogP contribution in [-0.2, 0) is 22.3 Å². The molecule has 1 aromatic carbocycles. The first-order valence-electron chi connectivity index (χ1n) is 7.89. The fraction of sp³-hybridized carbons (Fsp3) is 0.278. The van der Waals surface area contributed by atoms with Gasteiger partial charge in [0.05, 0.1) is 17.8 Å². The van der Waals surface area contributed by atoms with Crippen molar-refractivity contribution in [1.82, 2.24) is 10.3 Å². The molecule has 1 N–H and O–H groups in total. The third-order valence-electron chi connectivity index (χ3n) is 3.64. The van der Waals surface area contributed by atoms with Gasteiger partial charge >= 0.3 is 6.18 Å². The van der Waals surface area contributed by atoms with Crippen molar-refractivity contribution in [3.05, 3.63) is 59.9 Å². The number of rotatable bonds is 6. The van der Waals surface area contributed by atoms with E-state index in [0.29, 0.717) is 11.4 Å². The summed E-state index contributed by atoms with van der Waals surface area (Å²) >= 11 is 0. The van der Waals surface area contributed by atoms with E-state index in [4.69, 9.17) is 0 Å². The molecule has 0 fully saturated rings. The van der Waals surface area contributed by atoms with E-state index < -0.39 is 11.7 Å². The molecule has 2 amide bonds. The lowest BCUT2D eigenvalue weighted by Crippen LogP contribution is -2.33. The van der Waals surface area contributed by atoms with Gasteiger partial charge in [0.1, 0.15) is 0 Å². The number of alkyl halides is 3. The number of carbonyl (C=O) groups excluding carboxylic acids is 2. The highest BCUT2D eigenvalue weighted by Gasteiger charge is 2.30. The van der Waals surface area contributed by atoms with E-state index in [-0.39, 0.29) is 31.3 Å². The molecule has 5 nitrogen and oxygen atoms in total. The number of aromatic nitrogens is 1. The molecule has 0 aliphatic heterocycles. The van der Waals surface area contributed by atoms with Crippen LogP contribution in [0, 0.1) is 0 Å². The maximum absolute atomic E-state index is 12.6. The summed E-state index contributed by atoms with van der Waals surface area (Å²) in [5.41, 5.74) is 0.216. The first-order chi connectivity index (χ1) is 12.3. The molecular formula is C18H18F3N3O2. The summed E-state index contributed by atoms with van der Waals surface area (Å²) in [7, 11) is 0. The average Bonchev–Trinajstić information content (AvgIpc) is 2.60. The maximum Gasteiger partial charge on any atom is 0.416 e. The van der Waals surface area contributed by atoms with Crippen LogP contribution in [0.5, 0.6) is 0 Å². The van der Waals surface area contributed by atoms with E-state index in [0.717, 1.165) is 12.1 Å². The van der Waals surface area contributed by atoms with Crippen LogP contribution < -0.4 is 10.2 Å². The van der Waals surface area contributed by atoms with Crippen molar-refractivity contribution in [1.29, 1.82) is 0 Å². The van der Waals surface area contributed by atoms with Crippen molar-refractivity contribution in [2.75, 3.05) is 11.4 Å². The van der Waals surface area contributed by atoms with Gasteiger partial charge in [0.15, 0.2) is 0 Å². The Balaban J connectivity index is 1.93. The van der Waals surface area contributed by atoms with Crippen LogP contribution in [0.1, 0.15) is 24.6 Å². The summed E-state index contributed by atoms with van der Waals surface area (Å²) in [4.78, 5) is 29.1. The topological polar surface area (TPSA) is 62.3 Å². The summed E-state index contributed by atoms with van der Waals surface area (Å²) in [6.45, 7) is 1.62. The van der Waals surface area contributed by atoms with Crippen molar-refractivity contribution in [3.63, 3.8) is 0 Å². The first-order valence-corrected chi connectivity index (χ1v) is 7.89. The molecule has 0 aliphatic rings. The van der Waals surface area contributed by atoms with E-state index >= 15 is 0 Å². The molecule has 1 aromatic heterocycles. The van der Waals surface area contributed by atoms with Crippen LogP contribution >= 0.6 is 0 Å². The first kappa shape index (κ1) is 19.4. The molecule has 2 aromatic rings. The molecule has 0 bridgehead atoms. The predicted octanol–water partition coefficient (Wildman–Crippen LogP) is 3.16. The zero-order chi connectivity index (χ0) is 19.2. The monoisotopic (exact) mass is 365 g/mol. The Morgan fingerprint density at radius 3 is 2.35 bits per heavy atom. The molecule has 0 saturated carbocycles. The molecule has 8 heteroatoms. The zero-order valence-corrected chi connectivity index (χ0v) is 14.1. The molecule has 0 unspecified atom stereocenters. The third kappa shape index (κ3) is 5.58. The summed E-state index contributed by atoms with van der Waals surface area (Å²) in [5.74, 6) is -0.643. The van der Waals surface area contributed by atoms with Gasteiger partial charge in [-0.25, -0.2) is 0 Å². The minimum atomic E-state index is -4.44.